The molecule has 4 nitrogen and oxygen atoms in total. The number of aryl methyl sites for hydroxylation is 1. The Bertz CT molecular complexity index is 501. The lowest BCUT2D eigenvalue weighted by molar-refractivity contribution is -0.140. The highest BCUT2D eigenvalue weighted by molar-refractivity contribution is 5.97. The van der Waals surface area contributed by atoms with E-state index in [4.69, 9.17) is 9.47 Å². The number of carbonyl (C=O) groups is 1. The zero-order valence-electron chi connectivity index (χ0n) is 15.2. The molecule has 0 heterocycles. The van der Waals surface area contributed by atoms with Crippen LogP contribution in [0, 0.1) is 6.92 Å². The van der Waals surface area contributed by atoms with Gasteiger partial charge in [0.15, 0.2) is 0 Å². The highest BCUT2D eigenvalue weighted by Crippen LogP contribution is 2.25. The van der Waals surface area contributed by atoms with E-state index in [1.807, 2.05) is 39.0 Å². The molecule has 0 spiro atoms. The summed E-state index contributed by atoms with van der Waals surface area (Å²) in [5, 5.41) is 2.98. The second kappa shape index (κ2) is 9.56. The van der Waals surface area contributed by atoms with Crippen LogP contribution in [-0.4, -0.2) is 24.7 Å². The highest BCUT2D eigenvalue weighted by Gasteiger charge is 2.33. The molecule has 23 heavy (non-hydrogen) atoms. The predicted octanol–water partition coefficient (Wildman–Crippen LogP) is 4.71. The van der Waals surface area contributed by atoms with Gasteiger partial charge in [-0.15, -0.1) is 0 Å². The summed E-state index contributed by atoms with van der Waals surface area (Å²) in [5.41, 5.74) is 1.01. The minimum Gasteiger partial charge on any atom is -0.493 e. The molecule has 1 amide bonds. The third kappa shape index (κ3) is 5.87. The minimum atomic E-state index is -0.782. The van der Waals surface area contributed by atoms with Crippen LogP contribution < -0.4 is 10.1 Å². The molecule has 0 aromatic heterocycles. The summed E-state index contributed by atoms with van der Waals surface area (Å²) in [7, 11) is 0. The van der Waals surface area contributed by atoms with Gasteiger partial charge in [-0.05, 0) is 56.9 Å². The van der Waals surface area contributed by atoms with Gasteiger partial charge in [0.25, 0.3) is 5.91 Å². The van der Waals surface area contributed by atoms with Crippen molar-refractivity contribution in [2.45, 2.75) is 65.9 Å². The number of hydrogen-bond acceptors (Lipinski definition) is 3. The Morgan fingerprint density at radius 2 is 1.83 bits per heavy atom. The highest BCUT2D eigenvalue weighted by atomic mass is 16.5. The molecule has 0 saturated carbocycles. The Labute approximate surface area is 140 Å². The molecule has 0 aliphatic rings. The normalized spacial score (nSPS) is 13.4. The number of nitrogens with one attached hydrogen (secondary N) is 1. The Kier molecular flexibility index (Phi) is 8.10. The van der Waals surface area contributed by atoms with Gasteiger partial charge in [-0.25, -0.2) is 0 Å². The van der Waals surface area contributed by atoms with Crippen molar-refractivity contribution in [3.05, 3.63) is 23.8 Å². The van der Waals surface area contributed by atoms with Crippen molar-refractivity contribution in [3.8, 4) is 5.75 Å². The molecule has 1 aromatic rings. The van der Waals surface area contributed by atoms with Crippen molar-refractivity contribution in [1.29, 1.82) is 0 Å². The van der Waals surface area contributed by atoms with Crippen molar-refractivity contribution in [2.24, 2.45) is 0 Å². The zero-order chi connectivity index (χ0) is 17.3. The molecule has 1 aromatic carbocycles. The number of amides is 1. The standard InChI is InChI=1S/C19H31NO3/c1-6-11-19(5,23-13-8-3)18(21)20-16-9-10-17(15(4)14-16)22-12-7-2/h9-10,14H,6-8,11-13H2,1-5H3,(H,20,21)/t19-/m0/s1. The first-order chi connectivity index (χ1) is 11.0. The predicted molar refractivity (Wildman–Crippen MR) is 95.2 cm³/mol. The van der Waals surface area contributed by atoms with E-state index in [2.05, 4.69) is 19.2 Å². The summed E-state index contributed by atoms with van der Waals surface area (Å²) < 4.78 is 11.5. The summed E-state index contributed by atoms with van der Waals surface area (Å²) in [6.07, 6.45) is 3.48. The molecule has 0 radical (unpaired) electrons. The van der Waals surface area contributed by atoms with Crippen LogP contribution >= 0.6 is 0 Å². The number of benzene rings is 1. The van der Waals surface area contributed by atoms with Crippen LogP contribution in [0.5, 0.6) is 5.75 Å². The first kappa shape index (κ1) is 19.5. The van der Waals surface area contributed by atoms with E-state index < -0.39 is 5.60 Å². The minimum absolute atomic E-state index is 0.0885. The maximum Gasteiger partial charge on any atom is 0.256 e. The van der Waals surface area contributed by atoms with Gasteiger partial charge in [-0.2, -0.15) is 0 Å². The second-order valence-electron chi connectivity index (χ2n) is 6.11. The summed E-state index contributed by atoms with van der Waals surface area (Å²) >= 11 is 0. The molecule has 4 heteroatoms. The molecule has 0 fully saturated rings. The van der Waals surface area contributed by atoms with Crippen LogP contribution in [0.25, 0.3) is 0 Å². The number of carbonyl (C=O) groups excluding carboxylic acids is 1. The van der Waals surface area contributed by atoms with E-state index >= 15 is 0 Å². The number of rotatable bonds is 10. The molecule has 0 bridgehead atoms. The van der Waals surface area contributed by atoms with Crippen LogP contribution in [0.1, 0.15) is 58.9 Å². The fourth-order valence-electron chi connectivity index (χ4n) is 2.42. The molecule has 0 saturated heterocycles. The lowest BCUT2D eigenvalue weighted by Gasteiger charge is -2.28. The number of ether oxygens (including phenoxy) is 2. The van der Waals surface area contributed by atoms with Gasteiger partial charge in [0.1, 0.15) is 11.4 Å². The topological polar surface area (TPSA) is 47.6 Å². The van der Waals surface area contributed by atoms with Gasteiger partial charge in [0, 0.05) is 12.3 Å². The molecule has 130 valence electrons. The van der Waals surface area contributed by atoms with Crippen LogP contribution in [0.2, 0.25) is 0 Å². The summed E-state index contributed by atoms with van der Waals surface area (Å²) in [6.45, 7) is 11.3. The maximum absolute atomic E-state index is 12.6. The Morgan fingerprint density at radius 1 is 1.13 bits per heavy atom. The van der Waals surface area contributed by atoms with Crippen LogP contribution in [0.15, 0.2) is 18.2 Å². The van der Waals surface area contributed by atoms with E-state index in [0.29, 0.717) is 19.6 Å². The maximum atomic E-state index is 12.6. The van der Waals surface area contributed by atoms with E-state index in [0.717, 1.165) is 36.3 Å². The van der Waals surface area contributed by atoms with Crippen molar-refractivity contribution in [3.63, 3.8) is 0 Å². The van der Waals surface area contributed by atoms with Crippen LogP contribution in [0.4, 0.5) is 5.69 Å². The molecule has 0 unspecified atom stereocenters. The second-order valence-corrected chi connectivity index (χ2v) is 6.11. The third-order valence-electron chi connectivity index (χ3n) is 3.73. The van der Waals surface area contributed by atoms with E-state index in [1.54, 1.807) is 0 Å². The summed E-state index contributed by atoms with van der Waals surface area (Å²) in [4.78, 5) is 12.6. The summed E-state index contributed by atoms with van der Waals surface area (Å²) in [6, 6.07) is 5.72. The fraction of sp³-hybridized carbons (Fsp3) is 0.632. The van der Waals surface area contributed by atoms with Gasteiger partial charge in [0.05, 0.1) is 6.61 Å². The lowest BCUT2D eigenvalue weighted by atomic mass is 9.98. The third-order valence-corrected chi connectivity index (χ3v) is 3.73. The van der Waals surface area contributed by atoms with E-state index in [-0.39, 0.29) is 5.91 Å². The summed E-state index contributed by atoms with van der Waals surface area (Å²) in [5.74, 6) is 0.776. The molecule has 1 atom stereocenters. The molecular formula is C19H31NO3. The molecule has 1 rings (SSSR count). The lowest BCUT2D eigenvalue weighted by Crippen LogP contribution is -2.43. The Morgan fingerprint density at radius 3 is 2.39 bits per heavy atom. The van der Waals surface area contributed by atoms with Gasteiger partial charge < -0.3 is 14.8 Å². The van der Waals surface area contributed by atoms with Gasteiger partial charge in [-0.3, -0.25) is 4.79 Å². The SMILES string of the molecule is CCCOc1ccc(NC(=O)[C@](C)(CCC)OCCC)cc1C. The van der Waals surface area contributed by atoms with Crippen molar-refractivity contribution >= 4 is 11.6 Å². The number of anilines is 1. The molecule has 0 aliphatic heterocycles. The number of hydrogen-bond donors (Lipinski definition) is 1. The first-order valence-corrected chi connectivity index (χ1v) is 8.65. The molecule has 1 N–H and O–H groups in total. The largest absolute Gasteiger partial charge is 0.493 e. The van der Waals surface area contributed by atoms with Gasteiger partial charge in [-0.1, -0.05) is 27.2 Å². The Hall–Kier alpha value is -1.55. The quantitative estimate of drug-likeness (QED) is 0.679. The van der Waals surface area contributed by atoms with E-state index in [1.165, 1.54) is 0 Å². The molecular weight excluding hydrogens is 290 g/mol. The Balaban J connectivity index is 2.79. The molecule has 0 aliphatic carbocycles. The van der Waals surface area contributed by atoms with Gasteiger partial charge >= 0.3 is 0 Å². The average molecular weight is 321 g/mol. The van der Waals surface area contributed by atoms with Crippen molar-refractivity contribution < 1.29 is 14.3 Å². The van der Waals surface area contributed by atoms with Gasteiger partial charge in [0.2, 0.25) is 0 Å². The smallest absolute Gasteiger partial charge is 0.256 e. The zero-order valence-corrected chi connectivity index (χ0v) is 15.2. The van der Waals surface area contributed by atoms with Crippen molar-refractivity contribution in [2.75, 3.05) is 18.5 Å². The van der Waals surface area contributed by atoms with Crippen LogP contribution in [0.3, 0.4) is 0 Å². The first-order valence-electron chi connectivity index (χ1n) is 8.65. The fourth-order valence-corrected chi connectivity index (χ4v) is 2.42. The monoisotopic (exact) mass is 321 g/mol. The average Bonchev–Trinajstić information content (AvgIpc) is 2.52. The van der Waals surface area contributed by atoms with Crippen LogP contribution in [-0.2, 0) is 9.53 Å². The van der Waals surface area contributed by atoms with E-state index in [9.17, 15) is 4.79 Å². The van der Waals surface area contributed by atoms with Crippen molar-refractivity contribution in [1.82, 2.24) is 0 Å².